The summed E-state index contributed by atoms with van der Waals surface area (Å²) in [5.41, 5.74) is 13.0. The Labute approximate surface area is 270 Å². The molecule has 2 fully saturated rings. The monoisotopic (exact) mass is 637 g/mol. The number of aliphatic imine (C=N–C) groups is 1. The SMILES string of the molecule is COc1ccc2c3c1OC1C(OC(=O)N4CCCC[C@@H]4CNC(=O)[C@H](CCCN=C(N)N)NC(C)=O)=CC[C@H]4[C@@H](C2)N(C)CC[C@]314. The number of nitrogens with two attached hydrogens (primary N) is 2. The fourth-order valence-corrected chi connectivity index (χ4v) is 8.54. The maximum absolute atomic E-state index is 13.9. The number of carbonyl (C=O) groups is 3. The van der Waals surface area contributed by atoms with Crippen LogP contribution >= 0.6 is 0 Å². The van der Waals surface area contributed by atoms with Crippen LogP contribution in [0.2, 0.25) is 0 Å². The van der Waals surface area contributed by atoms with E-state index in [1.165, 1.54) is 18.1 Å². The van der Waals surface area contributed by atoms with Crippen molar-refractivity contribution in [2.75, 3.05) is 40.3 Å². The van der Waals surface area contributed by atoms with E-state index >= 15 is 0 Å². The predicted octanol–water partition coefficient (Wildman–Crippen LogP) is 1.52. The first-order valence-corrected chi connectivity index (χ1v) is 16.5. The van der Waals surface area contributed by atoms with Gasteiger partial charge in [-0.1, -0.05) is 6.07 Å². The lowest BCUT2D eigenvalue weighted by molar-refractivity contribution is -0.128. The molecule has 250 valence electrons. The van der Waals surface area contributed by atoms with Crippen LogP contribution in [0, 0.1) is 5.92 Å². The molecule has 13 nitrogen and oxygen atoms in total. The van der Waals surface area contributed by atoms with Crippen LogP contribution in [0.15, 0.2) is 29.0 Å². The minimum absolute atomic E-state index is 0.0175. The first-order chi connectivity index (χ1) is 22.1. The number of nitrogens with zero attached hydrogens (tertiary/aromatic N) is 3. The zero-order valence-electron chi connectivity index (χ0n) is 27.0. The van der Waals surface area contributed by atoms with Gasteiger partial charge in [-0.3, -0.25) is 14.6 Å². The molecule has 1 aromatic carbocycles. The van der Waals surface area contributed by atoms with E-state index < -0.39 is 18.2 Å². The van der Waals surface area contributed by atoms with Crippen molar-refractivity contribution in [3.63, 3.8) is 0 Å². The minimum atomic E-state index is -0.729. The lowest BCUT2D eigenvalue weighted by Gasteiger charge is -2.56. The van der Waals surface area contributed by atoms with Gasteiger partial charge in [-0.15, -0.1) is 0 Å². The third-order valence-electron chi connectivity index (χ3n) is 10.6. The Morgan fingerprint density at radius 1 is 1.22 bits per heavy atom. The summed E-state index contributed by atoms with van der Waals surface area (Å²) in [6, 6.07) is 3.58. The van der Waals surface area contributed by atoms with Crippen LogP contribution in [0.25, 0.3) is 0 Å². The average molecular weight is 638 g/mol. The number of ether oxygens (including phenoxy) is 3. The molecule has 46 heavy (non-hydrogen) atoms. The highest BCUT2D eigenvalue weighted by atomic mass is 16.6. The van der Waals surface area contributed by atoms with Crippen molar-refractivity contribution in [3.05, 3.63) is 35.1 Å². The number of likely N-dealkylation sites (tertiary alicyclic amines) is 2. The van der Waals surface area contributed by atoms with E-state index in [1.807, 2.05) is 6.07 Å². The van der Waals surface area contributed by atoms with Crippen molar-refractivity contribution >= 4 is 23.9 Å². The van der Waals surface area contributed by atoms with Gasteiger partial charge in [0, 0.05) is 43.6 Å². The van der Waals surface area contributed by atoms with Gasteiger partial charge in [0.2, 0.25) is 11.8 Å². The molecular formula is C33H47N7O6. The molecule has 0 radical (unpaired) electrons. The van der Waals surface area contributed by atoms with Gasteiger partial charge in [0.25, 0.3) is 0 Å². The highest BCUT2D eigenvalue weighted by Crippen LogP contribution is 2.63. The number of hydrogen-bond donors (Lipinski definition) is 4. The number of allylic oxidation sites excluding steroid dienone is 1. The van der Waals surface area contributed by atoms with E-state index in [0.29, 0.717) is 49.4 Å². The van der Waals surface area contributed by atoms with Crippen LogP contribution < -0.4 is 31.6 Å². The highest BCUT2D eigenvalue weighted by molar-refractivity contribution is 5.86. The lowest BCUT2D eigenvalue weighted by Crippen LogP contribution is -2.63. The van der Waals surface area contributed by atoms with Crippen LogP contribution in [-0.2, 0) is 26.2 Å². The average Bonchev–Trinajstić information content (AvgIpc) is 3.39. The van der Waals surface area contributed by atoms with E-state index in [4.69, 9.17) is 25.7 Å². The topological polar surface area (TPSA) is 174 Å². The Morgan fingerprint density at radius 2 is 2.04 bits per heavy atom. The standard InChI is InChI=1S/C33H47N7O6/c1-19(41)38-23(8-6-14-36-31(34)35)30(42)37-18-21-7-4-5-15-40(21)32(43)45-26-12-10-22-24-17-20-9-11-25(44-3)28-27(20)33(22,29(26)46-28)13-16-39(24)2/h9,11-12,21-24,29H,4-8,10,13-18H2,1-3H3,(H,37,42)(H,38,41)(H4,34,35,36)/t21-,22+,23+,24-,29?,33+/m1/s1. The number of carbonyl (C=O) groups excluding carboxylic acids is 3. The Balaban J connectivity index is 1.15. The summed E-state index contributed by atoms with van der Waals surface area (Å²) in [5, 5.41) is 5.67. The number of rotatable bonds is 10. The molecule has 3 amide bonds. The zero-order chi connectivity index (χ0) is 32.6. The Kier molecular flexibility index (Phi) is 9.04. The fraction of sp³-hybridized carbons (Fsp3) is 0.636. The number of piperidine rings is 2. The molecule has 0 saturated carbocycles. The molecule has 1 unspecified atom stereocenters. The van der Waals surface area contributed by atoms with Crippen molar-refractivity contribution in [1.29, 1.82) is 0 Å². The number of likely N-dealkylation sites (N-methyl/N-ethyl adjacent to an activating group) is 1. The van der Waals surface area contributed by atoms with Crippen LogP contribution in [0.1, 0.15) is 63.0 Å². The van der Waals surface area contributed by atoms with Gasteiger partial charge in [-0.2, -0.15) is 0 Å². The van der Waals surface area contributed by atoms with Crippen molar-refractivity contribution in [2.24, 2.45) is 22.4 Å². The first-order valence-electron chi connectivity index (χ1n) is 16.5. The van der Waals surface area contributed by atoms with Crippen molar-refractivity contribution in [1.82, 2.24) is 20.4 Å². The number of hydrogen-bond acceptors (Lipinski definition) is 8. The number of guanidine groups is 1. The number of benzene rings is 1. The third-order valence-corrected chi connectivity index (χ3v) is 10.6. The Hall–Kier alpha value is -4.00. The Bertz CT molecular complexity index is 1430. The molecule has 3 aliphatic heterocycles. The summed E-state index contributed by atoms with van der Waals surface area (Å²) in [6.45, 7) is 3.46. The largest absolute Gasteiger partial charge is 0.493 e. The minimum Gasteiger partial charge on any atom is -0.493 e. The molecule has 2 aliphatic carbocycles. The summed E-state index contributed by atoms with van der Waals surface area (Å²) in [6.07, 6.45) is 7.33. The molecular weight excluding hydrogens is 590 g/mol. The molecule has 2 bridgehead atoms. The Morgan fingerprint density at radius 3 is 2.80 bits per heavy atom. The van der Waals surface area contributed by atoms with Crippen LogP contribution in [0.3, 0.4) is 0 Å². The molecule has 6 rings (SSSR count). The summed E-state index contributed by atoms with van der Waals surface area (Å²) in [4.78, 5) is 46.9. The van der Waals surface area contributed by atoms with Gasteiger partial charge in [0.05, 0.1) is 13.2 Å². The van der Waals surface area contributed by atoms with Crippen molar-refractivity contribution < 1.29 is 28.6 Å². The summed E-state index contributed by atoms with van der Waals surface area (Å²) in [7, 11) is 3.87. The smallest absolute Gasteiger partial charge is 0.415 e. The van der Waals surface area contributed by atoms with E-state index in [-0.39, 0.29) is 35.8 Å². The molecule has 1 aromatic rings. The predicted molar refractivity (Wildman–Crippen MR) is 171 cm³/mol. The van der Waals surface area contributed by atoms with Gasteiger partial charge in [0.1, 0.15) is 11.8 Å². The molecule has 3 heterocycles. The number of nitrogens with one attached hydrogen (secondary N) is 2. The van der Waals surface area contributed by atoms with Crippen molar-refractivity contribution in [2.45, 2.75) is 87.9 Å². The fourth-order valence-electron chi connectivity index (χ4n) is 8.54. The molecule has 6 N–H and O–H groups in total. The maximum Gasteiger partial charge on any atom is 0.415 e. The lowest BCUT2D eigenvalue weighted by atomic mass is 9.53. The number of methoxy groups -OCH3 is 1. The van der Waals surface area contributed by atoms with Crippen LogP contribution in [0.5, 0.6) is 11.5 Å². The normalized spacial score (nSPS) is 28.2. The van der Waals surface area contributed by atoms with E-state index in [2.05, 4.69) is 39.7 Å². The van der Waals surface area contributed by atoms with Crippen LogP contribution in [0.4, 0.5) is 4.79 Å². The molecule has 2 saturated heterocycles. The zero-order valence-corrected chi connectivity index (χ0v) is 27.0. The number of amides is 3. The second-order valence-corrected chi connectivity index (χ2v) is 13.3. The second-order valence-electron chi connectivity index (χ2n) is 13.3. The third kappa shape index (κ3) is 5.73. The van der Waals surface area contributed by atoms with Crippen LogP contribution in [-0.4, -0.2) is 98.2 Å². The van der Waals surface area contributed by atoms with E-state index in [0.717, 1.165) is 50.8 Å². The first kappa shape index (κ1) is 32.0. The molecule has 5 aliphatic rings. The summed E-state index contributed by atoms with van der Waals surface area (Å²) in [5.74, 6) is 1.79. The molecule has 13 heteroatoms. The molecule has 6 atom stereocenters. The van der Waals surface area contributed by atoms with Gasteiger partial charge in [-0.25, -0.2) is 4.79 Å². The quantitative estimate of drug-likeness (QED) is 0.169. The molecule has 1 spiro atoms. The second kappa shape index (κ2) is 13.0. The molecule has 0 aromatic heterocycles. The summed E-state index contributed by atoms with van der Waals surface area (Å²) < 4.78 is 18.7. The van der Waals surface area contributed by atoms with Gasteiger partial charge < -0.3 is 46.1 Å². The summed E-state index contributed by atoms with van der Waals surface area (Å²) >= 11 is 0. The van der Waals surface area contributed by atoms with Gasteiger partial charge in [-0.05, 0) is 88.6 Å². The van der Waals surface area contributed by atoms with E-state index in [1.54, 1.807) is 12.0 Å². The van der Waals surface area contributed by atoms with Crippen molar-refractivity contribution in [3.8, 4) is 11.5 Å². The highest BCUT2D eigenvalue weighted by Gasteiger charge is 2.65. The van der Waals surface area contributed by atoms with Gasteiger partial charge in [0.15, 0.2) is 23.6 Å². The van der Waals surface area contributed by atoms with Gasteiger partial charge >= 0.3 is 6.09 Å². The van der Waals surface area contributed by atoms with E-state index in [9.17, 15) is 14.4 Å². The maximum atomic E-state index is 13.9.